The van der Waals surface area contributed by atoms with Gasteiger partial charge in [-0.05, 0) is 48.9 Å². The van der Waals surface area contributed by atoms with Crippen LogP contribution in [0.15, 0.2) is 53.6 Å². The van der Waals surface area contributed by atoms with E-state index < -0.39 is 5.82 Å². The lowest BCUT2D eigenvalue weighted by molar-refractivity contribution is 0.370. The first-order valence-electron chi connectivity index (χ1n) is 8.07. The van der Waals surface area contributed by atoms with Gasteiger partial charge in [-0.3, -0.25) is 0 Å². The molecule has 0 radical (unpaired) electrons. The van der Waals surface area contributed by atoms with Gasteiger partial charge in [-0.25, -0.2) is 9.37 Å². The van der Waals surface area contributed by atoms with Crippen molar-refractivity contribution < 1.29 is 9.13 Å². The van der Waals surface area contributed by atoms with Gasteiger partial charge in [0.05, 0.1) is 6.20 Å². The first-order valence-corrected chi connectivity index (χ1v) is 8.52. The summed E-state index contributed by atoms with van der Waals surface area (Å²) in [5, 5.41) is 5.97. The summed E-state index contributed by atoms with van der Waals surface area (Å²) in [7, 11) is 0. The Bertz CT molecular complexity index is 986. The SMILES string of the molecule is C#CCOc1ccc(Nc2nc(Nc3ccc(C)c(S)c3)ncc2F)cc1. The van der Waals surface area contributed by atoms with Gasteiger partial charge >= 0.3 is 0 Å². The van der Waals surface area contributed by atoms with Crippen molar-refractivity contribution in [3.63, 3.8) is 0 Å². The van der Waals surface area contributed by atoms with Gasteiger partial charge in [0.1, 0.15) is 12.4 Å². The molecule has 0 unspecified atom stereocenters. The molecule has 5 nitrogen and oxygen atoms in total. The maximum absolute atomic E-state index is 14.1. The predicted molar refractivity (Wildman–Crippen MR) is 108 cm³/mol. The Kier molecular flexibility index (Phi) is 5.79. The fourth-order valence-corrected chi connectivity index (χ4v) is 2.44. The topological polar surface area (TPSA) is 59.1 Å². The van der Waals surface area contributed by atoms with Crippen LogP contribution in [0.5, 0.6) is 5.75 Å². The molecule has 0 bridgehead atoms. The lowest BCUT2D eigenvalue weighted by Crippen LogP contribution is -2.03. The number of ether oxygens (including phenoxy) is 1. The number of benzene rings is 2. The average molecular weight is 380 g/mol. The van der Waals surface area contributed by atoms with Crippen LogP contribution in [-0.2, 0) is 0 Å². The number of nitrogens with zero attached hydrogens (tertiary/aromatic N) is 2. The smallest absolute Gasteiger partial charge is 0.229 e. The zero-order chi connectivity index (χ0) is 19.2. The van der Waals surface area contributed by atoms with E-state index in [1.165, 1.54) is 0 Å². The molecule has 0 aliphatic heterocycles. The maximum atomic E-state index is 14.1. The summed E-state index contributed by atoms with van der Waals surface area (Å²) in [6.07, 6.45) is 6.27. The second-order valence-electron chi connectivity index (χ2n) is 5.66. The van der Waals surface area contributed by atoms with Gasteiger partial charge in [0.25, 0.3) is 0 Å². The molecule has 0 aliphatic rings. The van der Waals surface area contributed by atoms with Gasteiger partial charge in [-0.2, -0.15) is 4.98 Å². The molecule has 3 rings (SSSR count). The summed E-state index contributed by atoms with van der Waals surface area (Å²) in [6, 6.07) is 12.6. The number of rotatable bonds is 6. The van der Waals surface area contributed by atoms with E-state index in [2.05, 4.69) is 39.2 Å². The highest BCUT2D eigenvalue weighted by Gasteiger charge is 2.08. The third-order valence-electron chi connectivity index (χ3n) is 3.65. The van der Waals surface area contributed by atoms with Crippen LogP contribution in [0.3, 0.4) is 0 Å². The quantitative estimate of drug-likeness (QED) is 0.427. The first-order chi connectivity index (χ1) is 13.0. The van der Waals surface area contributed by atoms with E-state index >= 15 is 0 Å². The van der Waals surface area contributed by atoms with Crippen LogP contribution in [0, 0.1) is 25.1 Å². The van der Waals surface area contributed by atoms with Gasteiger partial charge in [-0.15, -0.1) is 19.1 Å². The number of aryl methyl sites for hydroxylation is 1. The Morgan fingerprint density at radius 3 is 2.59 bits per heavy atom. The minimum atomic E-state index is -0.563. The molecule has 0 amide bonds. The van der Waals surface area contributed by atoms with Crippen molar-refractivity contribution in [2.24, 2.45) is 0 Å². The van der Waals surface area contributed by atoms with Crippen molar-refractivity contribution in [1.82, 2.24) is 9.97 Å². The molecular formula is C20H17FN4OS. The van der Waals surface area contributed by atoms with Crippen molar-refractivity contribution in [2.75, 3.05) is 17.2 Å². The van der Waals surface area contributed by atoms with Gasteiger partial charge < -0.3 is 15.4 Å². The Morgan fingerprint density at radius 1 is 1.15 bits per heavy atom. The third kappa shape index (κ3) is 4.90. The molecule has 1 heterocycles. The molecule has 27 heavy (non-hydrogen) atoms. The number of terminal acetylenes is 1. The van der Waals surface area contributed by atoms with Gasteiger partial charge in [-0.1, -0.05) is 12.0 Å². The Morgan fingerprint density at radius 2 is 1.89 bits per heavy atom. The van der Waals surface area contributed by atoms with E-state index in [9.17, 15) is 4.39 Å². The number of hydrogen-bond acceptors (Lipinski definition) is 6. The van der Waals surface area contributed by atoms with Crippen LogP contribution in [-0.4, -0.2) is 16.6 Å². The van der Waals surface area contributed by atoms with E-state index in [0.717, 1.165) is 22.3 Å². The second-order valence-corrected chi connectivity index (χ2v) is 6.14. The van der Waals surface area contributed by atoms with Crippen molar-refractivity contribution >= 4 is 35.8 Å². The normalized spacial score (nSPS) is 10.1. The van der Waals surface area contributed by atoms with Crippen LogP contribution in [0.1, 0.15) is 5.56 Å². The number of anilines is 4. The zero-order valence-electron chi connectivity index (χ0n) is 14.5. The summed E-state index contributed by atoms with van der Waals surface area (Å²) in [6.45, 7) is 2.15. The summed E-state index contributed by atoms with van der Waals surface area (Å²) >= 11 is 4.39. The van der Waals surface area contributed by atoms with Gasteiger partial charge in [0.2, 0.25) is 5.95 Å². The highest BCUT2D eigenvalue weighted by Crippen LogP contribution is 2.24. The molecule has 0 saturated heterocycles. The first kappa shape index (κ1) is 18.5. The summed E-state index contributed by atoms with van der Waals surface area (Å²) in [5.74, 6) is 2.79. The lowest BCUT2D eigenvalue weighted by Gasteiger charge is -2.11. The molecule has 136 valence electrons. The molecule has 2 aromatic carbocycles. The van der Waals surface area contributed by atoms with E-state index in [-0.39, 0.29) is 18.4 Å². The number of hydrogen-bond donors (Lipinski definition) is 3. The Labute approximate surface area is 162 Å². The number of halogens is 1. The van der Waals surface area contributed by atoms with Gasteiger partial charge in [0, 0.05) is 16.3 Å². The summed E-state index contributed by atoms with van der Waals surface area (Å²) in [5.41, 5.74) is 2.47. The number of aromatic nitrogens is 2. The Hall–Kier alpha value is -3.24. The van der Waals surface area contributed by atoms with Gasteiger partial charge in [0.15, 0.2) is 11.6 Å². The molecule has 2 N–H and O–H groups in total. The maximum Gasteiger partial charge on any atom is 0.229 e. The molecule has 3 aromatic rings. The fourth-order valence-electron chi connectivity index (χ4n) is 2.23. The van der Waals surface area contributed by atoms with Crippen molar-refractivity contribution in [3.05, 3.63) is 60.0 Å². The minimum absolute atomic E-state index is 0.0583. The molecule has 0 fully saturated rings. The standard InChI is InChI=1S/C20H17FN4OS/c1-3-10-26-16-8-6-14(7-9-16)23-19-17(21)12-22-20(25-19)24-15-5-4-13(2)18(27)11-15/h1,4-9,11-12,27H,10H2,2H3,(H2,22,23,24,25). The molecule has 1 aromatic heterocycles. The van der Waals surface area contributed by atoms with E-state index in [0.29, 0.717) is 11.4 Å². The number of nitrogens with one attached hydrogen (secondary N) is 2. The predicted octanol–water partition coefficient (Wildman–Crippen LogP) is 4.71. The Balaban J connectivity index is 1.75. The van der Waals surface area contributed by atoms with E-state index in [1.807, 2.05) is 25.1 Å². The van der Waals surface area contributed by atoms with Crippen LogP contribution >= 0.6 is 12.6 Å². The summed E-state index contributed by atoms with van der Waals surface area (Å²) < 4.78 is 19.4. The number of thiol groups is 1. The van der Waals surface area contributed by atoms with Crippen LogP contribution in [0.4, 0.5) is 27.5 Å². The molecule has 0 aliphatic carbocycles. The zero-order valence-corrected chi connectivity index (χ0v) is 15.4. The molecule has 0 spiro atoms. The summed E-state index contributed by atoms with van der Waals surface area (Å²) in [4.78, 5) is 9.01. The minimum Gasteiger partial charge on any atom is -0.481 e. The van der Waals surface area contributed by atoms with E-state index in [4.69, 9.17) is 11.2 Å². The van der Waals surface area contributed by atoms with Crippen molar-refractivity contribution in [1.29, 1.82) is 0 Å². The average Bonchev–Trinajstić information content (AvgIpc) is 2.67. The fraction of sp³-hybridized carbons (Fsp3) is 0.100. The van der Waals surface area contributed by atoms with Crippen LogP contribution in [0.2, 0.25) is 0 Å². The highest BCUT2D eigenvalue weighted by molar-refractivity contribution is 7.80. The van der Waals surface area contributed by atoms with Crippen LogP contribution < -0.4 is 15.4 Å². The largest absolute Gasteiger partial charge is 0.481 e. The van der Waals surface area contributed by atoms with Crippen molar-refractivity contribution in [3.8, 4) is 18.1 Å². The van der Waals surface area contributed by atoms with Crippen molar-refractivity contribution in [2.45, 2.75) is 11.8 Å². The second kappa shape index (κ2) is 8.43. The molecule has 7 heteroatoms. The lowest BCUT2D eigenvalue weighted by atomic mass is 10.2. The van der Waals surface area contributed by atoms with E-state index in [1.54, 1.807) is 24.3 Å². The van der Waals surface area contributed by atoms with Crippen LogP contribution in [0.25, 0.3) is 0 Å². The molecular weight excluding hydrogens is 363 g/mol. The highest BCUT2D eigenvalue weighted by atomic mass is 32.1. The monoisotopic (exact) mass is 380 g/mol. The molecule has 0 saturated carbocycles. The molecule has 0 atom stereocenters. The third-order valence-corrected chi connectivity index (χ3v) is 4.13.